The number of carbonyl (C=O) groups excluding carboxylic acids is 1. The Morgan fingerprint density at radius 3 is 2.95 bits per heavy atom. The Balaban J connectivity index is 1.77. The predicted molar refractivity (Wildman–Crippen MR) is 88.7 cm³/mol. The predicted octanol–water partition coefficient (Wildman–Crippen LogP) is 3.50. The summed E-state index contributed by atoms with van der Waals surface area (Å²) >= 11 is 3.42. The van der Waals surface area contributed by atoms with E-state index in [2.05, 4.69) is 12.2 Å². The number of benzene rings is 1. The lowest BCUT2D eigenvalue weighted by Gasteiger charge is -2.22. The SMILES string of the molecule is CC1(CNC(=O)c2sc3ccccc3c2N)CCCS1. The molecule has 1 unspecified atom stereocenters. The first-order chi connectivity index (χ1) is 9.59. The van der Waals surface area contributed by atoms with E-state index in [-0.39, 0.29) is 10.7 Å². The summed E-state index contributed by atoms with van der Waals surface area (Å²) in [6.07, 6.45) is 2.40. The molecule has 20 heavy (non-hydrogen) atoms. The van der Waals surface area contributed by atoms with Crippen molar-refractivity contribution in [1.29, 1.82) is 0 Å². The fourth-order valence-corrected chi connectivity index (χ4v) is 4.84. The molecule has 1 amide bonds. The van der Waals surface area contributed by atoms with Gasteiger partial charge in [0.15, 0.2) is 0 Å². The Morgan fingerprint density at radius 2 is 2.25 bits per heavy atom. The highest BCUT2D eigenvalue weighted by atomic mass is 32.2. The molecule has 1 saturated heterocycles. The van der Waals surface area contributed by atoms with Crippen LogP contribution in [0.15, 0.2) is 24.3 Å². The van der Waals surface area contributed by atoms with Crippen molar-refractivity contribution in [1.82, 2.24) is 5.32 Å². The van der Waals surface area contributed by atoms with Gasteiger partial charge in [0, 0.05) is 21.4 Å². The maximum absolute atomic E-state index is 12.3. The third kappa shape index (κ3) is 2.52. The number of nitrogens with two attached hydrogens (primary N) is 1. The van der Waals surface area contributed by atoms with E-state index in [1.165, 1.54) is 29.9 Å². The van der Waals surface area contributed by atoms with Gasteiger partial charge >= 0.3 is 0 Å². The van der Waals surface area contributed by atoms with Crippen molar-refractivity contribution in [3.8, 4) is 0 Å². The Morgan fingerprint density at radius 1 is 1.45 bits per heavy atom. The topological polar surface area (TPSA) is 55.1 Å². The van der Waals surface area contributed by atoms with Crippen molar-refractivity contribution in [2.24, 2.45) is 0 Å². The minimum atomic E-state index is -0.0441. The molecule has 1 aliphatic heterocycles. The van der Waals surface area contributed by atoms with Gasteiger partial charge in [-0.3, -0.25) is 4.79 Å². The molecule has 3 N–H and O–H groups in total. The molecule has 0 saturated carbocycles. The van der Waals surface area contributed by atoms with Crippen LogP contribution in [0.1, 0.15) is 29.4 Å². The van der Waals surface area contributed by atoms with Crippen LogP contribution in [0, 0.1) is 0 Å². The minimum Gasteiger partial charge on any atom is -0.397 e. The van der Waals surface area contributed by atoms with Crippen molar-refractivity contribution in [3.05, 3.63) is 29.1 Å². The summed E-state index contributed by atoms with van der Waals surface area (Å²) in [6, 6.07) is 7.88. The number of hydrogen-bond acceptors (Lipinski definition) is 4. The summed E-state index contributed by atoms with van der Waals surface area (Å²) in [5, 5.41) is 4.03. The third-order valence-electron chi connectivity index (χ3n) is 3.76. The molecule has 1 fully saturated rings. The molecule has 1 aromatic heterocycles. The van der Waals surface area contributed by atoms with Crippen LogP contribution < -0.4 is 11.1 Å². The second-order valence-corrected chi connectivity index (χ2v) is 8.16. The average molecular weight is 306 g/mol. The normalized spacial score (nSPS) is 22.2. The summed E-state index contributed by atoms with van der Waals surface area (Å²) in [5.74, 6) is 1.15. The number of rotatable bonds is 3. The molecule has 106 valence electrons. The number of thiophene rings is 1. The number of fused-ring (bicyclic) bond motifs is 1. The molecule has 1 aliphatic rings. The first-order valence-electron chi connectivity index (χ1n) is 6.78. The van der Waals surface area contributed by atoms with Crippen LogP contribution in [0.25, 0.3) is 10.1 Å². The van der Waals surface area contributed by atoms with E-state index in [0.29, 0.717) is 17.1 Å². The number of amides is 1. The second kappa shape index (κ2) is 5.30. The highest BCUT2D eigenvalue weighted by molar-refractivity contribution is 8.00. The van der Waals surface area contributed by atoms with Gasteiger partial charge in [-0.1, -0.05) is 18.2 Å². The van der Waals surface area contributed by atoms with Gasteiger partial charge in [0.1, 0.15) is 4.88 Å². The molecular formula is C15H18N2OS2. The lowest BCUT2D eigenvalue weighted by atomic mass is 10.1. The van der Waals surface area contributed by atoms with Gasteiger partial charge in [-0.25, -0.2) is 0 Å². The third-order valence-corrected chi connectivity index (χ3v) is 6.49. The smallest absolute Gasteiger partial charge is 0.263 e. The Kier molecular flexibility index (Phi) is 3.65. The van der Waals surface area contributed by atoms with Gasteiger partial charge in [0.2, 0.25) is 0 Å². The Hall–Kier alpha value is -1.20. The molecule has 5 heteroatoms. The molecular weight excluding hydrogens is 288 g/mol. The minimum absolute atomic E-state index is 0.0441. The molecule has 3 rings (SSSR count). The number of hydrogen-bond donors (Lipinski definition) is 2. The number of nitrogens with one attached hydrogen (secondary N) is 1. The zero-order valence-corrected chi connectivity index (χ0v) is 13.1. The van der Waals surface area contributed by atoms with Crippen LogP contribution in [-0.4, -0.2) is 23.0 Å². The van der Waals surface area contributed by atoms with Gasteiger partial charge in [-0.2, -0.15) is 11.8 Å². The average Bonchev–Trinajstić information content (AvgIpc) is 3.02. The summed E-state index contributed by atoms with van der Waals surface area (Å²) < 4.78 is 1.25. The van der Waals surface area contributed by atoms with E-state index in [4.69, 9.17) is 5.73 Å². The maximum atomic E-state index is 12.3. The number of nitrogen functional groups attached to an aromatic ring is 1. The molecule has 0 spiro atoms. The number of thioether (sulfide) groups is 1. The molecule has 1 atom stereocenters. The lowest BCUT2D eigenvalue weighted by molar-refractivity contribution is 0.0955. The zero-order valence-electron chi connectivity index (χ0n) is 11.4. The zero-order chi connectivity index (χ0) is 14.2. The standard InChI is InChI=1S/C15H18N2OS2/c1-15(7-4-8-19-15)9-17-14(18)13-12(16)10-5-2-3-6-11(10)20-13/h2-3,5-6H,4,7-9,16H2,1H3,(H,17,18). The monoisotopic (exact) mass is 306 g/mol. The van der Waals surface area contributed by atoms with Crippen molar-refractivity contribution in [3.63, 3.8) is 0 Å². The van der Waals surface area contributed by atoms with Crippen molar-refractivity contribution < 1.29 is 4.79 Å². The number of anilines is 1. The van der Waals surface area contributed by atoms with Gasteiger partial charge in [-0.05, 0) is 31.6 Å². The summed E-state index contributed by atoms with van der Waals surface area (Å²) in [6.45, 7) is 2.93. The molecule has 2 heterocycles. The largest absolute Gasteiger partial charge is 0.397 e. The summed E-state index contributed by atoms with van der Waals surface area (Å²) in [5.41, 5.74) is 6.70. The maximum Gasteiger partial charge on any atom is 0.263 e. The van der Waals surface area contributed by atoms with Crippen LogP contribution in [0.2, 0.25) is 0 Å². The summed E-state index contributed by atoms with van der Waals surface area (Å²) in [4.78, 5) is 13.0. The molecule has 3 nitrogen and oxygen atoms in total. The first kappa shape index (κ1) is 13.8. The fraction of sp³-hybridized carbons (Fsp3) is 0.400. The van der Waals surface area contributed by atoms with Gasteiger partial charge in [-0.15, -0.1) is 11.3 Å². The molecule has 0 bridgehead atoms. The lowest BCUT2D eigenvalue weighted by Crippen LogP contribution is -2.36. The highest BCUT2D eigenvalue weighted by Gasteiger charge is 2.30. The van der Waals surface area contributed by atoms with Crippen molar-refractivity contribution in [2.75, 3.05) is 18.0 Å². The molecule has 1 aromatic carbocycles. The van der Waals surface area contributed by atoms with Gasteiger partial charge in [0.05, 0.1) is 5.69 Å². The van der Waals surface area contributed by atoms with Crippen LogP contribution >= 0.6 is 23.1 Å². The van der Waals surface area contributed by atoms with E-state index in [9.17, 15) is 4.79 Å². The van der Waals surface area contributed by atoms with E-state index in [1.807, 2.05) is 36.0 Å². The van der Waals surface area contributed by atoms with E-state index in [1.54, 1.807) is 0 Å². The fourth-order valence-electron chi connectivity index (χ4n) is 2.56. The second-order valence-electron chi connectivity index (χ2n) is 5.43. The first-order valence-corrected chi connectivity index (χ1v) is 8.58. The van der Waals surface area contributed by atoms with Crippen molar-refractivity contribution in [2.45, 2.75) is 24.5 Å². The Bertz CT molecular complexity index is 644. The summed E-state index contributed by atoms with van der Waals surface area (Å²) in [7, 11) is 0. The van der Waals surface area contributed by atoms with Crippen LogP contribution in [-0.2, 0) is 0 Å². The van der Waals surface area contributed by atoms with Crippen LogP contribution in [0.3, 0.4) is 0 Å². The van der Waals surface area contributed by atoms with E-state index in [0.717, 1.165) is 10.1 Å². The molecule has 0 aliphatic carbocycles. The number of carbonyl (C=O) groups is 1. The Labute approximate surface area is 126 Å². The molecule has 2 aromatic rings. The van der Waals surface area contributed by atoms with Crippen LogP contribution in [0.5, 0.6) is 0 Å². The van der Waals surface area contributed by atoms with Crippen molar-refractivity contribution >= 4 is 44.8 Å². The van der Waals surface area contributed by atoms with Gasteiger partial charge in [0.25, 0.3) is 5.91 Å². The van der Waals surface area contributed by atoms with E-state index >= 15 is 0 Å². The highest BCUT2D eigenvalue weighted by Crippen LogP contribution is 2.37. The van der Waals surface area contributed by atoms with Gasteiger partial charge < -0.3 is 11.1 Å². The van der Waals surface area contributed by atoms with Crippen LogP contribution in [0.4, 0.5) is 5.69 Å². The molecule has 0 radical (unpaired) electrons. The van der Waals surface area contributed by atoms with E-state index < -0.39 is 0 Å². The quantitative estimate of drug-likeness (QED) is 0.912.